The predicted octanol–water partition coefficient (Wildman–Crippen LogP) is 4.74. The molecule has 0 saturated carbocycles. The second-order valence-corrected chi connectivity index (χ2v) is 9.18. The Morgan fingerprint density at radius 2 is 1.84 bits per heavy atom. The number of hydrogen-bond acceptors (Lipinski definition) is 4. The molecule has 0 saturated heterocycles. The van der Waals surface area contributed by atoms with Crippen LogP contribution in [-0.2, 0) is 17.8 Å². The SMILES string of the molecule is COc1ccc(C2=NN(Cc3ccccc3)C(=O)C3CC=CCC23)c2c1OC(C)(C)C2. The Morgan fingerprint density at radius 1 is 1.10 bits per heavy atom. The molecule has 2 aromatic rings. The maximum atomic E-state index is 13.3. The van der Waals surface area contributed by atoms with Gasteiger partial charge >= 0.3 is 0 Å². The van der Waals surface area contributed by atoms with Gasteiger partial charge in [0, 0.05) is 23.5 Å². The van der Waals surface area contributed by atoms with Crippen LogP contribution >= 0.6 is 0 Å². The summed E-state index contributed by atoms with van der Waals surface area (Å²) in [5.41, 5.74) is 3.98. The third kappa shape index (κ3) is 3.52. The van der Waals surface area contributed by atoms with Crippen LogP contribution in [0, 0.1) is 11.8 Å². The van der Waals surface area contributed by atoms with Crippen LogP contribution in [0.4, 0.5) is 0 Å². The molecular formula is C26H28N2O3. The summed E-state index contributed by atoms with van der Waals surface area (Å²) < 4.78 is 11.8. The van der Waals surface area contributed by atoms with Crippen molar-refractivity contribution in [3.63, 3.8) is 0 Å². The average molecular weight is 417 g/mol. The summed E-state index contributed by atoms with van der Waals surface area (Å²) in [4.78, 5) is 13.3. The Kier molecular flexibility index (Phi) is 4.84. The summed E-state index contributed by atoms with van der Waals surface area (Å²) in [6.07, 6.45) is 6.69. The van der Waals surface area contributed by atoms with Crippen molar-refractivity contribution in [2.45, 2.75) is 45.3 Å². The van der Waals surface area contributed by atoms with Crippen LogP contribution in [0.3, 0.4) is 0 Å². The number of hydrazone groups is 1. The minimum absolute atomic E-state index is 0.0747. The van der Waals surface area contributed by atoms with Crippen molar-refractivity contribution in [2.75, 3.05) is 7.11 Å². The Morgan fingerprint density at radius 3 is 2.58 bits per heavy atom. The zero-order chi connectivity index (χ0) is 21.6. The lowest BCUT2D eigenvalue weighted by Crippen LogP contribution is -2.45. The van der Waals surface area contributed by atoms with Gasteiger partial charge < -0.3 is 9.47 Å². The van der Waals surface area contributed by atoms with Crippen LogP contribution < -0.4 is 9.47 Å². The van der Waals surface area contributed by atoms with E-state index in [9.17, 15) is 4.79 Å². The molecular weight excluding hydrogens is 388 g/mol. The molecule has 3 aliphatic rings. The first kappa shape index (κ1) is 19.9. The van der Waals surface area contributed by atoms with Crippen molar-refractivity contribution in [1.82, 2.24) is 5.01 Å². The van der Waals surface area contributed by atoms with Crippen LogP contribution in [0.5, 0.6) is 11.5 Å². The number of nitrogens with zero attached hydrogens (tertiary/aromatic N) is 2. The van der Waals surface area contributed by atoms with Crippen LogP contribution in [0.1, 0.15) is 43.4 Å². The highest BCUT2D eigenvalue weighted by atomic mass is 16.5. The minimum Gasteiger partial charge on any atom is -0.493 e. The zero-order valence-corrected chi connectivity index (χ0v) is 18.3. The fourth-order valence-electron chi connectivity index (χ4n) is 4.99. The Labute approximate surface area is 183 Å². The molecule has 2 unspecified atom stereocenters. The molecule has 0 bridgehead atoms. The first-order valence-electron chi connectivity index (χ1n) is 10.9. The van der Waals surface area contributed by atoms with Crippen molar-refractivity contribution < 1.29 is 14.3 Å². The quantitative estimate of drug-likeness (QED) is 0.677. The summed E-state index contributed by atoms with van der Waals surface area (Å²) in [5, 5.41) is 6.63. The van der Waals surface area contributed by atoms with Gasteiger partial charge in [0.2, 0.25) is 5.91 Å². The summed E-state index contributed by atoms with van der Waals surface area (Å²) >= 11 is 0. The lowest BCUT2D eigenvalue weighted by atomic mass is 9.75. The van der Waals surface area contributed by atoms with Crippen molar-refractivity contribution in [2.24, 2.45) is 16.9 Å². The summed E-state index contributed by atoms with van der Waals surface area (Å²) in [5.74, 6) is 1.68. The molecule has 2 atom stereocenters. The van der Waals surface area contributed by atoms with Gasteiger partial charge in [-0.1, -0.05) is 42.5 Å². The van der Waals surface area contributed by atoms with Gasteiger partial charge in [-0.3, -0.25) is 4.79 Å². The number of ether oxygens (including phenoxy) is 2. The van der Waals surface area contributed by atoms with Crippen LogP contribution in [0.15, 0.2) is 59.7 Å². The summed E-state index contributed by atoms with van der Waals surface area (Å²) in [6, 6.07) is 14.1. The number of amides is 1. The summed E-state index contributed by atoms with van der Waals surface area (Å²) in [6.45, 7) is 4.67. The van der Waals surface area contributed by atoms with Crippen LogP contribution in [0.25, 0.3) is 0 Å². The molecule has 5 nitrogen and oxygen atoms in total. The molecule has 0 radical (unpaired) electrons. The molecule has 1 aliphatic carbocycles. The number of allylic oxidation sites excluding steroid dienone is 2. The minimum atomic E-state index is -0.299. The topological polar surface area (TPSA) is 51.1 Å². The van der Waals surface area contributed by atoms with Gasteiger partial charge in [0.15, 0.2) is 11.5 Å². The number of hydrogen-bond donors (Lipinski definition) is 0. The number of methoxy groups -OCH3 is 1. The van der Waals surface area contributed by atoms with E-state index in [4.69, 9.17) is 14.6 Å². The van der Waals surface area contributed by atoms with E-state index >= 15 is 0 Å². The second kappa shape index (κ2) is 7.56. The molecule has 2 heterocycles. The molecule has 1 amide bonds. The monoisotopic (exact) mass is 416 g/mol. The van der Waals surface area contributed by atoms with Crippen LogP contribution in [0.2, 0.25) is 0 Å². The number of benzene rings is 2. The first-order chi connectivity index (χ1) is 15.0. The van der Waals surface area contributed by atoms with Gasteiger partial charge in [0.05, 0.1) is 25.3 Å². The largest absolute Gasteiger partial charge is 0.493 e. The fraction of sp³-hybridized carbons (Fsp3) is 0.385. The van der Waals surface area contributed by atoms with E-state index in [1.807, 2.05) is 36.4 Å². The average Bonchev–Trinajstić information content (AvgIpc) is 3.11. The van der Waals surface area contributed by atoms with E-state index < -0.39 is 0 Å². The standard InChI is InChI=1S/C26H28N2O3/c1-26(2)15-21-19(13-14-22(30-3)24(21)31-26)23-18-11-7-8-12-20(18)25(29)28(27-23)16-17-9-5-4-6-10-17/h4-10,13-14,18,20H,11-12,15-16H2,1-3H3. The van der Waals surface area contributed by atoms with E-state index in [-0.39, 0.29) is 23.3 Å². The molecule has 2 aromatic carbocycles. The molecule has 160 valence electrons. The second-order valence-electron chi connectivity index (χ2n) is 9.18. The van der Waals surface area contributed by atoms with Gasteiger partial charge in [-0.2, -0.15) is 5.10 Å². The van der Waals surface area contributed by atoms with E-state index in [0.717, 1.165) is 53.2 Å². The molecule has 0 N–H and O–H groups in total. The van der Waals surface area contributed by atoms with Gasteiger partial charge in [-0.05, 0) is 44.4 Å². The van der Waals surface area contributed by atoms with Crippen LogP contribution in [-0.4, -0.2) is 29.3 Å². The van der Waals surface area contributed by atoms with Gasteiger partial charge in [-0.25, -0.2) is 5.01 Å². The first-order valence-corrected chi connectivity index (χ1v) is 10.9. The maximum Gasteiger partial charge on any atom is 0.247 e. The third-order valence-corrected chi connectivity index (χ3v) is 6.46. The van der Waals surface area contributed by atoms with Crippen molar-refractivity contribution in [1.29, 1.82) is 0 Å². The predicted molar refractivity (Wildman–Crippen MR) is 120 cm³/mol. The Balaban J connectivity index is 1.61. The third-order valence-electron chi connectivity index (χ3n) is 6.46. The number of carbonyl (C=O) groups excluding carboxylic acids is 1. The van der Waals surface area contributed by atoms with Gasteiger partial charge in [-0.15, -0.1) is 0 Å². The summed E-state index contributed by atoms with van der Waals surface area (Å²) in [7, 11) is 1.67. The number of fused-ring (bicyclic) bond motifs is 2. The number of rotatable bonds is 4. The highest BCUT2D eigenvalue weighted by molar-refractivity contribution is 6.08. The van der Waals surface area contributed by atoms with E-state index in [2.05, 4.69) is 32.1 Å². The van der Waals surface area contributed by atoms with E-state index in [1.54, 1.807) is 12.1 Å². The highest BCUT2D eigenvalue weighted by Gasteiger charge is 2.43. The molecule has 31 heavy (non-hydrogen) atoms. The Bertz CT molecular complexity index is 1070. The zero-order valence-electron chi connectivity index (χ0n) is 18.3. The van der Waals surface area contributed by atoms with Crippen molar-refractivity contribution in [3.05, 3.63) is 71.3 Å². The molecule has 0 spiro atoms. The van der Waals surface area contributed by atoms with Crippen molar-refractivity contribution >= 4 is 11.6 Å². The van der Waals surface area contributed by atoms with Gasteiger partial charge in [0.1, 0.15) is 5.60 Å². The number of carbonyl (C=O) groups is 1. The lowest BCUT2D eigenvalue weighted by molar-refractivity contribution is -0.138. The van der Waals surface area contributed by atoms with E-state index in [0.29, 0.717) is 6.54 Å². The molecule has 5 rings (SSSR count). The van der Waals surface area contributed by atoms with Gasteiger partial charge in [0.25, 0.3) is 0 Å². The maximum absolute atomic E-state index is 13.3. The lowest BCUT2D eigenvalue weighted by Gasteiger charge is -2.37. The molecule has 0 fully saturated rings. The molecule has 2 aliphatic heterocycles. The van der Waals surface area contributed by atoms with E-state index in [1.165, 1.54) is 0 Å². The Hall–Kier alpha value is -3.08. The highest BCUT2D eigenvalue weighted by Crippen LogP contribution is 2.46. The molecule has 0 aromatic heterocycles. The smallest absolute Gasteiger partial charge is 0.247 e. The molecule has 5 heteroatoms. The normalized spacial score (nSPS) is 23.6. The van der Waals surface area contributed by atoms with Crippen molar-refractivity contribution in [3.8, 4) is 11.5 Å². The fourth-order valence-corrected chi connectivity index (χ4v) is 4.99.